The van der Waals surface area contributed by atoms with Crippen LogP contribution in [0, 0.1) is 0 Å². The SMILES string of the molecule is CC1CCCCN1C(=O)CN1CCN(Cc2cccnc2)CC1. The largest absolute Gasteiger partial charge is 0.339 e. The maximum atomic E-state index is 12.5. The number of pyridine rings is 1. The van der Waals surface area contributed by atoms with Crippen LogP contribution in [0.1, 0.15) is 31.7 Å². The Kier molecular flexibility index (Phi) is 5.62. The van der Waals surface area contributed by atoms with Crippen molar-refractivity contribution in [3.8, 4) is 0 Å². The molecular weight excluding hydrogens is 288 g/mol. The van der Waals surface area contributed by atoms with Crippen LogP contribution in [0.3, 0.4) is 0 Å². The second kappa shape index (κ2) is 7.88. The summed E-state index contributed by atoms with van der Waals surface area (Å²) in [6.07, 6.45) is 7.33. The molecular formula is C18H28N4O. The third-order valence-corrected chi connectivity index (χ3v) is 5.08. The third kappa shape index (κ3) is 4.52. The first kappa shape index (κ1) is 16.4. The first-order valence-corrected chi connectivity index (χ1v) is 8.85. The highest BCUT2D eigenvalue weighted by Gasteiger charge is 2.26. The van der Waals surface area contributed by atoms with Gasteiger partial charge in [-0.05, 0) is 37.8 Å². The van der Waals surface area contributed by atoms with Crippen LogP contribution in [0.2, 0.25) is 0 Å². The lowest BCUT2D eigenvalue weighted by Gasteiger charge is -2.38. The molecule has 1 unspecified atom stereocenters. The molecule has 5 nitrogen and oxygen atoms in total. The molecule has 2 fully saturated rings. The normalized spacial score (nSPS) is 23.9. The molecule has 0 spiro atoms. The lowest BCUT2D eigenvalue weighted by molar-refractivity contribution is -0.136. The standard InChI is InChI=1S/C18H28N4O/c1-16-5-2-3-8-22(16)18(23)15-21-11-9-20(10-12-21)14-17-6-4-7-19-13-17/h4,6-7,13,16H,2-3,5,8-12,14-15H2,1H3. The summed E-state index contributed by atoms with van der Waals surface area (Å²) in [7, 11) is 0. The number of carbonyl (C=O) groups excluding carboxylic acids is 1. The van der Waals surface area contributed by atoms with Crippen molar-refractivity contribution in [2.45, 2.75) is 38.8 Å². The highest BCUT2D eigenvalue weighted by Crippen LogP contribution is 2.17. The second-order valence-corrected chi connectivity index (χ2v) is 6.85. The molecule has 0 aliphatic carbocycles. The Hall–Kier alpha value is -1.46. The van der Waals surface area contributed by atoms with E-state index in [0.717, 1.165) is 52.1 Å². The monoisotopic (exact) mass is 316 g/mol. The summed E-state index contributed by atoms with van der Waals surface area (Å²) in [5.41, 5.74) is 1.26. The zero-order valence-electron chi connectivity index (χ0n) is 14.2. The molecule has 0 saturated carbocycles. The fourth-order valence-electron chi connectivity index (χ4n) is 3.61. The van der Waals surface area contributed by atoms with Gasteiger partial charge in [0.05, 0.1) is 6.54 Å². The maximum Gasteiger partial charge on any atom is 0.236 e. The highest BCUT2D eigenvalue weighted by atomic mass is 16.2. The molecule has 126 valence electrons. The van der Waals surface area contributed by atoms with Crippen LogP contribution in [-0.2, 0) is 11.3 Å². The van der Waals surface area contributed by atoms with Gasteiger partial charge in [-0.3, -0.25) is 19.6 Å². The van der Waals surface area contributed by atoms with Gasteiger partial charge in [-0.1, -0.05) is 6.07 Å². The Balaban J connectivity index is 1.43. The van der Waals surface area contributed by atoms with Crippen LogP contribution in [0.25, 0.3) is 0 Å². The highest BCUT2D eigenvalue weighted by molar-refractivity contribution is 5.78. The van der Waals surface area contributed by atoms with E-state index in [1.807, 2.05) is 18.5 Å². The van der Waals surface area contributed by atoms with Gasteiger partial charge < -0.3 is 4.90 Å². The summed E-state index contributed by atoms with van der Waals surface area (Å²) >= 11 is 0. The van der Waals surface area contributed by atoms with E-state index < -0.39 is 0 Å². The van der Waals surface area contributed by atoms with Gasteiger partial charge >= 0.3 is 0 Å². The average Bonchev–Trinajstić information content (AvgIpc) is 2.58. The van der Waals surface area contributed by atoms with Gasteiger partial charge in [0.2, 0.25) is 5.91 Å². The predicted molar refractivity (Wildman–Crippen MR) is 91.0 cm³/mol. The molecule has 5 heteroatoms. The number of carbonyl (C=O) groups is 1. The second-order valence-electron chi connectivity index (χ2n) is 6.85. The van der Waals surface area contributed by atoms with Gasteiger partial charge in [0.25, 0.3) is 0 Å². The van der Waals surface area contributed by atoms with Crippen LogP contribution in [0.5, 0.6) is 0 Å². The van der Waals surface area contributed by atoms with Gasteiger partial charge in [0, 0.05) is 57.7 Å². The van der Waals surface area contributed by atoms with Crippen molar-refractivity contribution in [2.24, 2.45) is 0 Å². The number of hydrogen-bond acceptors (Lipinski definition) is 4. The van der Waals surface area contributed by atoms with Crippen molar-refractivity contribution >= 4 is 5.91 Å². The van der Waals surface area contributed by atoms with Crippen molar-refractivity contribution in [3.05, 3.63) is 30.1 Å². The quantitative estimate of drug-likeness (QED) is 0.846. The fraction of sp³-hybridized carbons (Fsp3) is 0.667. The first-order chi connectivity index (χ1) is 11.2. The van der Waals surface area contributed by atoms with E-state index in [9.17, 15) is 4.79 Å². The van der Waals surface area contributed by atoms with Gasteiger partial charge in [-0.25, -0.2) is 0 Å². The molecule has 3 rings (SSSR count). The molecule has 0 radical (unpaired) electrons. The number of likely N-dealkylation sites (tertiary alicyclic amines) is 1. The number of piperazine rings is 1. The van der Waals surface area contributed by atoms with Crippen molar-refractivity contribution in [1.29, 1.82) is 0 Å². The zero-order valence-corrected chi connectivity index (χ0v) is 14.2. The maximum absolute atomic E-state index is 12.5. The van der Waals surface area contributed by atoms with E-state index in [2.05, 4.69) is 32.7 Å². The number of nitrogens with zero attached hydrogens (tertiary/aromatic N) is 4. The van der Waals surface area contributed by atoms with Crippen molar-refractivity contribution in [1.82, 2.24) is 19.7 Å². The van der Waals surface area contributed by atoms with Crippen LogP contribution in [0.4, 0.5) is 0 Å². The average molecular weight is 316 g/mol. The van der Waals surface area contributed by atoms with Crippen LogP contribution >= 0.6 is 0 Å². The van der Waals surface area contributed by atoms with Gasteiger partial charge in [-0.2, -0.15) is 0 Å². The molecule has 1 aromatic heterocycles. The van der Waals surface area contributed by atoms with E-state index >= 15 is 0 Å². The number of rotatable bonds is 4. The van der Waals surface area contributed by atoms with E-state index in [0.29, 0.717) is 18.5 Å². The summed E-state index contributed by atoms with van der Waals surface area (Å²) in [6, 6.07) is 4.54. The lowest BCUT2D eigenvalue weighted by atomic mass is 10.0. The molecule has 0 bridgehead atoms. The van der Waals surface area contributed by atoms with Crippen LogP contribution in [-0.4, -0.2) is 70.9 Å². The minimum absolute atomic E-state index is 0.318. The molecule has 2 aliphatic heterocycles. The Morgan fingerprint density at radius 2 is 1.96 bits per heavy atom. The summed E-state index contributed by atoms with van der Waals surface area (Å²) in [6.45, 7) is 8.69. The van der Waals surface area contributed by atoms with E-state index in [4.69, 9.17) is 0 Å². The van der Waals surface area contributed by atoms with Crippen molar-refractivity contribution < 1.29 is 4.79 Å². The Labute approximate surface area is 139 Å². The molecule has 3 heterocycles. The summed E-state index contributed by atoms with van der Waals surface area (Å²) < 4.78 is 0. The summed E-state index contributed by atoms with van der Waals surface area (Å²) in [4.78, 5) is 23.5. The van der Waals surface area contributed by atoms with Gasteiger partial charge in [0.1, 0.15) is 0 Å². The molecule has 1 atom stereocenters. The van der Waals surface area contributed by atoms with E-state index in [-0.39, 0.29) is 0 Å². The molecule has 2 saturated heterocycles. The zero-order chi connectivity index (χ0) is 16.1. The molecule has 0 N–H and O–H groups in total. The molecule has 2 aliphatic rings. The fourth-order valence-corrected chi connectivity index (χ4v) is 3.61. The van der Waals surface area contributed by atoms with Crippen molar-refractivity contribution in [3.63, 3.8) is 0 Å². The molecule has 1 amide bonds. The molecule has 0 aromatic carbocycles. The van der Waals surface area contributed by atoms with Crippen LogP contribution in [0.15, 0.2) is 24.5 Å². The Bertz CT molecular complexity index is 499. The predicted octanol–water partition coefficient (Wildman–Crippen LogP) is 1.60. The Morgan fingerprint density at radius 3 is 2.65 bits per heavy atom. The minimum Gasteiger partial charge on any atom is -0.339 e. The first-order valence-electron chi connectivity index (χ1n) is 8.85. The lowest BCUT2D eigenvalue weighted by Crippen LogP contribution is -2.51. The Morgan fingerprint density at radius 1 is 1.17 bits per heavy atom. The van der Waals surface area contributed by atoms with Gasteiger partial charge in [0.15, 0.2) is 0 Å². The number of hydrogen-bond donors (Lipinski definition) is 0. The smallest absolute Gasteiger partial charge is 0.236 e. The van der Waals surface area contributed by atoms with E-state index in [1.54, 1.807) is 0 Å². The van der Waals surface area contributed by atoms with E-state index in [1.165, 1.54) is 12.0 Å². The summed E-state index contributed by atoms with van der Waals surface area (Å²) in [5.74, 6) is 0.318. The molecule has 1 aromatic rings. The molecule has 23 heavy (non-hydrogen) atoms. The summed E-state index contributed by atoms with van der Waals surface area (Å²) in [5, 5.41) is 0. The van der Waals surface area contributed by atoms with Crippen LogP contribution < -0.4 is 0 Å². The topological polar surface area (TPSA) is 39.7 Å². The number of piperidine rings is 1. The third-order valence-electron chi connectivity index (χ3n) is 5.08. The van der Waals surface area contributed by atoms with Gasteiger partial charge in [-0.15, -0.1) is 0 Å². The number of aromatic nitrogens is 1. The van der Waals surface area contributed by atoms with Crippen molar-refractivity contribution in [2.75, 3.05) is 39.3 Å². The number of amides is 1. The minimum atomic E-state index is 0.318.